The molecular formula is C5H13NO7P2. The van der Waals surface area contributed by atoms with Crippen molar-refractivity contribution in [2.24, 2.45) is 0 Å². The summed E-state index contributed by atoms with van der Waals surface area (Å²) in [6.07, 6.45) is 0.460. The number of hydrogen-bond donors (Lipinski definition) is 4. The van der Waals surface area contributed by atoms with E-state index in [0.717, 1.165) is 0 Å². The van der Waals surface area contributed by atoms with Gasteiger partial charge in [-0.3, -0.25) is 0 Å². The maximum absolute atomic E-state index is 11.0. The first-order valence-electron chi connectivity index (χ1n) is 4.11. The van der Waals surface area contributed by atoms with E-state index >= 15 is 0 Å². The molecule has 0 aromatic rings. The summed E-state index contributed by atoms with van der Waals surface area (Å²) in [6, 6.07) is 0. The van der Waals surface area contributed by atoms with Gasteiger partial charge in [0.2, 0.25) is 0 Å². The second-order valence-corrected chi connectivity index (χ2v) is 6.48. The lowest BCUT2D eigenvalue weighted by Crippen LogP contribution is -2.18. The average molecular weight is 261 g/mol. The number of rotatable bonds is 6. The largest absolute Gasteiger partial charge is 0.477 e. The smallest absolute Gasteiger partial charge is 0.370 e. The van der Waals surface area contributed by atoms with Crippen LogP contribution in [0.1, 0.15) is 13.3 Å². The molecule has 1 aliphatic rings. The van der Waals surface area contributed by atoms with E-state index in [2.05, 4.69) is 4.31 Å². The molecule has 2 atom stereocenters. The molecule has 1 rings (SSSR count). The van der Waals surface area contributed by atoms with Crippen LogP contribution in [0.3, 0.4) is 0 Å². The summed E-state index contributed by atoms with van der Waals surface area (Å²) in [5.74, 6) is 0. The van der Waals surface area contributed by atoms with Gasteiger partial charge in [-0.25, -0.2) is 14.2 Å². The third-order valence-corrected chi connectivity index (χ3v) is 4.18. The fourth-order valence-corrected chi connectivity index (χ4v) is 2.68. The molecule has 1 heterocycles. The van der Waals surface area contributed by atoms with E-state index in [4.69, 9.17) is 19.4 Å². The number of hydrogen-bond acceptors (Lipinski definition) is 4. The molecule has 0 aromatic heterocycles. The Balaban J connectivity index is 2.30. The first-order valence-corrected chi connectivity index (χ1v) is 7.22. The molecule has 0 saturated carbocycles. The number of nitrogens with one attached hydrogen (secondary N) is 1. The topological polar surface area (TPSA) is 129 Å². The van der Waals surface area contributed by atoms with E-state index in [9.17, 15) is 9.13 Å². The highest BCUT2D eigenvalue weighted by molar-refractivity contribution is 7.62. The summed E-state index contributed by atoms with van der Waals surface area (Å²) in [4.78, 5) is 25.6. The van der Waals surface area contributed by atoms with Crippen LogP contribution >= 0.6 is 15.6 Å². The summed E-state index contributed by atoms with van der Waals surface area (Å²) in [7, 11) is -9.40. The summed E-state index contributed by atoms with van der Waals surface area (Å²) in [6.45, 7) is 2.47. The molecule has 4 N–H and O–H groups in total. The van der Waals surface area contributed by atoms with Crippen LogP contribution in [0.15, 0.2) is 0 Å². The van der Waals surface area contributed by atoms with Gasteiger partial charge in [0.1, 0.15) is 0 Å². The van der Waals surface area contributed by atoms with Gasteiger partial charge in [-0.15, -0.1) is 0 Å². The Hall–Kier alpha value is 0.220. The van der Waals surface area contributed by atoms with Crippen molar-refractivity contribution in [1.82, 2.24) is 5.09 Å². The summed E-state index contributed by atoms with van der Waals surface area (Å²) in [5, 5.41) is 2.03. The number of epoxide rings is 1. The average Bonchev–Trinajstić information content (AvgIpc) is 2.61. The van der Waals surface area contributed by atoms with Gasteiger partial charge in [-0.05, 0) is 13.3 Å². The zero-order valence-corrected chi connectivity index (χ0v) is 9.78. The van der Waals surface area contributed by atoms with Gasteiger partial charge in [0, 0.05) is 6.54 Å². The Labute approximate surface area is 86.4 Å². The van der Waals surface area contributed by atoms with Gasteiger partial charge >= 0.3 is 15.6 Å². The van der Waals surface area contributed by atoms with E-state index in [1.54, 1.807) is 0 Å². The van der Waals surface area contributed by atoms with Crippen molar-refractivity contribution in [3.05, 3.63) is 0 Å². The SMILES string of the molecule is CC1(CCNP(=O)(O)OP(=O)(O)O)CO1. The van der Waals surface area contributed by atoms with Gasteiger partial charge in [-0.2, -0.15) is 4.31 Å². The van der Waals surface area contributed by atoms with Gasteiger partial charge < -0.3 is 19.4 Å². The second kappa shape index (κ2) is 4.24. The Morgan fingerprint density at radius 3 is 2.40 bits per heavy atom. The zero-order chi connectivity index (χ0) is 11.7. The molecular weight excluding hydrogens is 248 g/mol. The van der Waals surface area contributed by atoms with Crippen molar-refractivity contribution in [2.75, 3.05) is 13.2 Å². The molecule has 1 aliphatic heterocycles. The van der Waals surface area contributed by atoms with Crippen molar-refractivity contribution < 1.29 is 32.9 Å². The Morgan fingerprint density at radius 2 is 2.00 bits per heavy atom. The van der Waals surface area contributed by atoms with Crippen molar-refractivity contribution in [1.29, 1.82) is 0 Å². The Morgan fingerprint density at radius 1 is 1.47 bits per heavy atom. The molecule has 0 bridgehead atoms. The minimum absolute atomic E-state index is 0.0737. The van der Waals surface area contributed by atoms with Gasteiger partial charge in [-0.1, -0.05) is 0 Å². The fourth-order valence-electron chi connectivity index (χ4n) is 0.902. The monoisotopic (exact) mass is 261 g/mol. The molecule has 8 nitrogen and oxygen atoms in total. The highest BCUT2D eigenvalue weighted by Gasteiger charge is 2.39. The first-order chi connectivity index (χ1) is 6.62. The third-order valence-electron chi connectivity index (χ3n) is 1.82. The lowest BCUT2D eigenvalue weighted by molar-refractivity contribution is 0.257. The molecule has 0 aliphatic carbocycles. The quantitative estimate of drug-likeness (QED) is 0.387. The van der Waals surface area contributed by atoms with Gasteiger partial charge in [0.05, 0.1) is 12.2 Å². The van der Waals surface area contributed by atoms with E-state index in [-0.39, 0.29) is 12.1 Å². The van der Waals surface area contributed by atoms with Crippen molar-refractivity contribution in [3.8, 4) is 0 Å². The minimum atomic E-state index is -4.96. The molecule has 90 valence electrons. The predicted molar refractivity (Wildman–Crippen MR) is 49.9 cm³/mol. The summed E-state index contributed by atoms with van der Waals surface area (Å²) >= 11 is 0. The van der Waals surface area contributed by atoms with Crippen molar-refractivity contribution >= 4 is 15.6 Å². The highest BCUT2D eigenvalue weighted by atomic mass is 31.3. The molecule has 0 aromatic carbocycles. The number of ether oxygens (including phenoxy) is 1. The normalized spacial score (nSPS) is 29.9. The lowest BCUT2D eigenvalue weighted by atomic mass is 10.1. The van der Waals surface area contributed by atoms with E-state index < -0.39 is 15.6 Å². The molecule has 1 fully saturated rings. The fraction of sp³-hybridized carbons (Fsp3) is 1.00. The molecule has 1 saturated heterocycles. The van der Waals surface area contributed by atoms with Crippen LogP contribution in [0.5, 0.6) is 0 Å². The van der Waals surface area contributed by atoms with Crippen LogP contribution in [0.4, 0.5) is 0 Å². The maximum Gasteiger partial charge on any atom is 0.477 e. The van der Waals surface area contributed by atoms with Crippen LogP contribution in [0, 0.1) is 0 Å². The number of phosphoric acid groups is 1. The minimum Gasteiger partial charge on any atom is -0.370 e. The van der Waals surface area contributed by atoms with Crippen LogP contribution in [0.2, 0.25) is 0 Å². The van der Waals surface area contributed by atoms with E-state index in [1.807, 2.05) is 12.0 Å². The third kappa shape index (κ3) is 5.75. The molecule has 15 heavy (non-hydrogen) atoms. The Kier molecular flexibility index (Phi) is 3.75. The first kappa shape index (κ1) is 13.3. The highest BCUT2D eigenvalue weighted by Crippen LogP contribution is 2.54. The van der Waals surface area contributed by atoms with Crippen LogP contribution in [-0.4, -0.2) is 33.4 Å². The maximum atomic E-state index is 11.0. The van der Waals surface area contributed by atoms with Crippen molar-refractivity contribution in [2.45, 2.75) is 18.9 Å². The van der Waals surface area contributed by atoms with Gasteiger partial charge in [0.15, 0.2) is 0 Å². The lowest BCUT2D eigenvalue weighted by Gasteiger charge is -2.14. The van der Waals surface area contributed by atoms with Crippen molar-refractivity contribution in [3.63, 3.8) is 0 Å². The van der Waals surface area contributed by atoms with Crippen LogP contribution < -0.4 is 5.09 Å². The molecule has 10 heteroatoms. The summed E-state index contributed by atoms with van der Waals surface area (Å²) < 4.78 is 30.0. The Bertz CT molecular complexity index is 321. The second-order valence-electron chi connectivity index (χ2n) is 3.49. The zero-order valence-electron chi connectivity index (χ0n) is 7.99. The van der Waals surface area contributed by atoms with E-state index in [1.165, 1.54) is 0 Å². The van der Waals surface area contributed by atoms with E-state index in [0.29, 0.717) is 13.0 Å². The predicted octanol–water partition coefficient (Wildman–Crippen LogP) is -0.0353. The standard InChI is InChI=1S/C5H13NO7P2/c1-5(4-12-5)2-3-6-14(7,8)13-15(9,10)11/h2-4H2,1H3,(H2,6,7,8)(H2,9,10,11). The molecule has 0 spiro atoms. The molecule has 0 amide bonds. The molecule has 0 radical (unpaired) electrons. The summed E-state index contributed by atoms with van der Waals surface area (Å²) in [5.41, 5.74) is -0.297. The van der Waals surface area contributed by atoms with Crippen LogP contribution in [0.25, 0.3) is 0 Å². The van der Waals surface area contributed by atoms with Gasteiger partial charge in [0.25, 0.3) is 0 Å². The molecule has 2 unspecified atom stereocenters. The van der Waals surface area contributed by atoms with Crippen LogP contribution in [-0.2, 0) is 18.2 Å².